The van der Waals surface area contributed by atoms with Crippen LogP contribution in [0.5, 0.6) is 0 Å². The summed E-state index contributed by atoms with van der Waals surface area (Å²) in [7, 11) is -0.890. The number of hydrogen-bond acceptors (Lipinski definition) is 4. The fourth-order valence-corrected chi connectivity index (χ4v) is 2.19. The van der Waals surface area contributed by atoms with Crippen LogP contribution in [0.4, 0.5) is 5.69 Å². The van der Waals surface area contributed by atoms with Crippen molar-refractivity contribution < 1.29 is 13.9 Å². The van der Waals surface area contributed by atoms with Gasteiger partial charge in [0.2, 0.25) is 0 Å². The molecule has 19 heavy (non-hydrogen) atoms. The summed E-state index contributed by atoms with van der Waals surface area (Å²) in [6.45, 7) is 0.381. The lowest BCUT2D eigenvalue weighted by molar-refractivity contribution is -0.384. The molecule has 0 fully saturated rings. The molecular weight excluding hydrogens is 292 g/mol. The predicted molar refractivity (Wildman–Crippen MR) is 74.0 cm³/mol. The van der Waals surface area contributed by atoms with Crippen LogP contribution < -0.4 is 5.32 Å². The minimum absolute atomic E-state index is 0.0331. The van der Waals surface area contributed by atoms with Crippen molar-refractivity contribution in [3.8, 4) is 0 Å². The van der Waals surface area contributed by atoms with Gasteiger partial charge in [-0.1, -0.05) is 11.6 Å². The highest BCUT2D eigenvalue weighted by molar-refractivity contribution is 7.84. The van der Waals surface area contributed by atoms with E-state index in [0.717, 1.165) is 6.07 Å². The van der Waals surface area contributed by atoms with Crippen molar-refractivity contribution in [2.24, 2.45) is 0 Å². The van der Waals surface area contributed by atoms with Gasteiger partial charge in [0.1, 0.15) is 0 Å². The zero-order valence-electron chi connectivity index (χ0n) is 10.2. The van der Waals surface area contributed by atoms with E-state index in [2.05, 4.69) is 5.32 Å². The number of nitro benzene ring substituents is 1. The van der Waals surface area contributed by atoms with Crippen LogP contribution in [0.3, 0.4) is 0 Å². The maximum atomic E-state index is 11.8. The van der Waals surface area contributed by atoms with E-state index in [4.69, 9.17) is 11.6 Å². The molecule has 0 aliphatic carbocycles. The summed E-state index contributed by atoms with van der Waals surface area (Å²) in [5, 5.41) is 13.2. The van der Waals surface area contributed by atoms with E-state index in [-0.39, 0.29) is 16.3 Å². The van der Waals surface area contributed by atoms with Gasteiger partial charge in [-0.2, -0.15) is 0 Å². The fraction of sp³-hybridized carbons (Fsp3) is 0.364. The van der Waals surface area contributed by atoms with Crippen LogP contribution in [-0.2, 0) is 10.8 Å². The number of hydrogen-bond donors (Lipinski definition) is 1. The van der Waals surface area contributed by atoms with Gasteiger partial charge >= 0.3 is 0 Å². The van der Waals surface area contributed by atoms with Crippen molar-refractivity contribution in [2.75, 3.05) is 18.6 Å². The molecular formula is C11H13ClN2O4S. The Hall–Kier alpha value is -1.47. The van der Waals surface area contributed by atoms with Gasteiger partial charge in [0.25, 0.3) is 11.6 Å². The van der Waals surface area contributed by atoms with E-state index in [1.54, 1.807) is 6.26 Å². The highest BCUT2D eigenvalue weighted by Gasteiger charge is 2.14. The minimum Gasteiger partial charge on any atom is -0.352 e. The quantitative estimate of drug-likeness (QED) is 0.492. The van der Waals surface area contributed by atoms with Crippen molar-refractivity contribution in [1.29, 1.82) is 0 Å². The third-order valence-electron chi connectivity index (χ3n) is 2.30. The number of carbonyl (C=O) groups is 1. The molecule has 0 saturated heterocycles. The lowest BCUT2D eigenvalue weighted by atomic mass is 10.2. The van der Waals surface area contributed by atoms with Crippen molar-refractivity contribution in [1.82, 2.24) is 5.32 Å². The molecule has 0 aromatic heterocycles. The lowest BCUT2D eigenvalue weighted by Crippen LogP contribution is -2.25. The SMILES string of the molecule is CS(=O)CCCNC(=O)c1ccc([N+](=O)[O-])cc1Cl. The molecule has 8 heteroatoms. The molecule has 0 aliphatic heterocycles. The number of nitro groups is 1. The number of non-ortho nitro benzene ring substituents is 1. The molecule has 0 spiro atoms. The Bertz CT molecular complexity index is 521. The Labute approximate surface area is 117 Å². The molecule has 0 aliphatic rings. The van der Waals surface area contributed by atoms with Gasteiger partial charge in [0.15, 0.2) is 0 Å². The van der Waals surface area contributed by atoms with Crippen LogP contribution in [0.25, 0.3) is 0 Å². The normalized spacial score (nSPS) is 11.9. The number of halogens is 1. The second-order valence-corrected chi connectivity index (χ2v) is 5.77. The van der Waals surface area contributed by atoms with Crippen LogP contribution in [0.2, 0.25) is 5.02 Å². The largest absolute Gasteiger partial charge is 0.352 e. The van der Waals surface area contributed by atoms with Crippen LogP contribution in [0.15, 0.2) is 18.2 Å². The van der Waals surface area contributed by atoms with Gasteiger partial charge < -0.3 is 5.32 Å². The highest BCUT2D eigenvalue weighted by Crippen LogP contribution is 2.22. The number of amides is 1. The Morgan fingerprint density at radius 1 is 1.53 bits per heavy atom. The molecule has 1 rings (SSSR count). The minimum atomic E-state index is -0.890. The van der Waals surface area contributed by atoms with Gasteiger partial charge in [-0.15, -0.1) is 0 Å². The third kappa shape index (κ3) is 4.96. The monoisotopic (exact) mass is 304 g/mol. The molecule has 1 N–H and O–H groups in total. The maximum absolute atomic E-state index is 11.8. The van der Waals surface area contributed by atoms with Crippen molar-refractivity contribution in [3.63, 3.8) is 0 Å². The molecule has 1 aromatic carbocycles. The van der Waals surface area contributed by atoms with E-state index in [1.807, 2.05) is 0 Å². The Kier molecular flexibility index (Phi) is 5.91. The standard InChI is InChI=1S/C11H13ClN2O4S/c1-19(18)6-2-5-13-11(15)9-4-3-8(14(16)17)7-10(9)12/h3-4,7H,2,5-6H2,1H3,(H,13,15). The van der Waals surface area contributed by atoms with Crippen LogP contribution in [-0.4, -0.2) is 33.6 Å². The third-order valence-corrected chi connectivity index (χ3v) is 3.48. The molecule has 1 unspecified atom stereocenters. The first kappa shape index (κ1) is 15.6. The van der Waals surface area contributed by atoms with Crippen LogP contribution in [0.1, 0.15) is 16.8 Å². The summed E-state index contributed by atoms with van der Waals surface area (Å²) in [6, 6.07) is 3.67. The zero-order valence-corrected chi connectivity index (χ0v) is 11.8. The second-order valence-electron chi connectivity index (χ2n) is 3.81. The zero-order chi connectivity index (χ0) is 14.4. The molecule has 0 heterocycles. The molecule has 0 bridgehead atoms. The molecule has 6 nitrogen and oxygen atoms in total. The molecule has 0 radical (unpaired) electrons. The number of rotatable bonds is 6. The summed E-state index contributed by atoms with van der Waals surface area (Å²) >= 11 is 5.82. The van der Waals surface area contributed by atoms with Crippen LogP contribution >= 0.6 is 11.6 Å². The lowest BCUT2D eigenvalue weighted by Gasteiger charge is -2.06. The first-order chi connectivity index (χ1) is 8.91. The van der Waals surface area contributed by atoms with E-state index in [1.165, 1.54) is 12.1 Å². The molecule has 1 aromatic rings. The van der Waals surface area contributed by atoms with Gasteiger partial charge in [0, 0.05) is 41.5 Å². The first-order valence-corrected chi connectivity index (χ1v) is 7.54. The van der Waals surface area contributed by atoms with Gasteiger partial charge in [-0.05, 0) is 12.5 Å². The Morgan fingerprint density at radius 2 is 2.21 bits per heavy atom. The molecule has 1 atom stereocenters. The summed E-state index contributed by atoms with van der Waals surface area (Å²) in [5.74, 6) is 0.107. The topological polar surface area (TPSA) is 89.3 Å². The average Bonchev–Trinajstić information content (AvgIpc) is 2.33. The first-order valence-electron chi connectivity index (χ1n) is 5.44. The van der Waals surface area contributed by atoms with Crippen molar-refractivity contribution in [3.05, 3.63) is 38.9 Å². The molecule has 1 amide bonds. The van der Waals surface area contributed by atoms with E-state index >= 15 is 0 Å². The van der Waals surface area contributed by atoms with Gasteiger partial charge in [-0.25, -0.2) is 0 Å². The predicted octanol–water partition coefficient (Wildman–Crippen LogP) is 1.75. The van der Waals surface area contributed by atoms with E-state index in [0.29, 0.717) is 18.7 Å². The number of nitrogens with zero attached hydrogens (tertiary/aromatic N) is 1. The fourth-order valence-electron chi connectivity index (χ4n) is 1.37. The Balaban J connectivity index is 2.62. The van der Waals surface area contributed by atoms with E-state index in [9.17, 15) is 19.1 Å². The smallest absolute Gasteiger partial charge is 0.270 e. The molecule has 0 saturated carbocycles. The van der Waals surface area contributed by atoms with E-state index < -0.39 is 21.6 Å². The molecule has 104 valence electrons. The number of benzene rings is 1. The summed E-state index contributed by atoms with van der Waals surface area (Å²) in [4.78, 5) is 21.7. The summed E-state index contributed by atoms with van der Waals surface area (Å²) in [6.07, 6.45) is 2.19. The summed E-state index contributed by atoms with van der Waals surface area (Å²) < 4.78 is 10.8. The van der Waals surface area contributed by atoms with Crippen molar-refractivity contribution in [2.45, 2.75) is 6.42 Å². The maximum Gasteiger partial charge on any atom is 0.270 e. The highest BCUT2D eigenvalue weighted by atomic mass is 35.5. The van der Waals surface area contributed by atoms with Crippen molar-refractivity contribution >= 4 is 34.0 Å². The average molecular weight is 305 g/mol. The Morgan fingerprint density at radius 3 is 2.74 bits per heavy atom. The number of carbonyl (C=O) groups excluding carboxylic acids is 1. The summed E-state index contributed by atoms with van der Waals surface area (Å²) in [5.41, 5.74) is 0.0211. The van der Waals surface area contributed by atoms with Gasteiger partial charge in [0.05, 0.1) is 15.5 Å². The van der Waals surface area contributed by atoms with Crippen LogP contribution in [0, 0.1) is 10.1 Å². The van der Waals surface area contributed by atoms with Gasteiger partial charge in [-0.3, -0.25) is 19.1 Å². The number of nitrogens with one attached hydrogen (secondary N) is 1. The second kappa shape index (κ2) is 7.20.